The van der Waals surface area contributed by atoms with Crippen LogP contribution in [0.2, 0.25) is 0 Å². The van der Waals surface area contributed by atoms with Gasteiger partial charge in [0.1, 0.15) is 6.61 Å². The van der Waals surface area contributed by atoms with Crippen LogP contribution in [0.5, 0.6) is 0 Å². The van der Waals surface area contributed by atoms with Crippen molar-refractivity contribution in [2.75, 3.05) is 19.8 Å². The fraction of sp³-hybridized carbons (Fsp3) is 0.833. The molecule has 0 saturated heterocycles. The van der Waals surface area contributed by atoms with E-state index in [9.17, 15) is 4.79 Å². The second-order valence-electron chi connectivity index (χ2n) is 5.90. The third-order valence-electron chi connectivity index (χ3n) is 3.94. The first kappa shape index (κ1) is 18.2. The summed E-state index contributed by atoms with van der Waals surface area (Å²) >= 11 is 0. The average Bonchev–Trinajstić information content (AvgIpc) is 2.51. The van der Waals surface area contributed by atoms with Crippen LogP contribution in [0.15, 0.2) is 12.2 Å². The van der Waals surface area contributed by atoms with Crippen LogP contribution in [0.25, 0.3) is 0 Å². The highest BCUT2D eigenvalue weighted by Gasteiger charge is 2.08. The molecule has 1 aliphatic rings. The Morgan fingerprint density at radius 1 is 1.14 bits per heavy atom. The number of carbonyl (C=O) groups is 1. The van der Waals surface area contributed by atoms with Gasteiger partial charge in [-0.2, -0.15) is 0 Å². The lowest BCUT2D eigenvalue weighted by Crippen LogP contribution is -2.10. The van der Waals surface area contributed by atoms with Crippen molar-refractivity contribution in [3.63, 3.8) is 0 Å². The monoisotopic (exact) mass is 296 g/mol. The molecule has 0 radical (unpaired) electrons. The zero-order valence-corrected chi connectivity index (χ0v) is 13.6. The molecule has 1 atom stereocenters. The van der Waals surface area contributed by atoms with Gasteiger partial charge in [0, 0.05) is 13.0 Å². The minimum atomic E-state index is -0.0772. The van der Waals surface area contributed by atoms with Gasteiger partial charge in [-0.1, -0.05) is 38.3 Å². The van der Waals surface area contributed by atoms with E-state index in [0.717, 1.165) is 38.2 Å². The summed E-state index contributed by atoms with van der Waals surface area (Å²) in [4.78, 5) is 11.5. The van der Waals surface area contributed by atoms with Crippen molar-refractivity contribution in [3.8, 4) is 0 Å². The Hall–Kier alpha value is -0.830. The molecule has 21 heavy (non-hydrogen) atoms. The summed E-state index contributed by atoms with van der Waals surface area (Å²) in [6, 6.07) is 0. The SMILES string of the molecule is CCCCOCCOC(=O)CCCCC[C@@H]1C=CCCC1. The third kappa shape index (κ3) is 10.5. The van der Waals surface area contributed by atoms with Crippen molar-refractivity contribution >= 4 is 5.97 Å². The first-order valence-corrected chi connectivity index (χ1v) is 8.73. The maximum atomic E-state index is 11.5. The van der Waals surface area contributed by atoms with Crippen LogP contribution in [-0.4, -0.2) is 25.8 Å². The minimum absolute atomic E-state index is 0.0772. The highest BCUT2D eigenvalue weighted by molar-refractivity contribution is 5.69. The molecule has 122 valence electrons. The van der Waals surface area contributed by atoms with Crippen LogP contribution in [0.4, 0.5) is 0 Å². The van der Waals surface area contributed by atoms with Crippen molar-refractivity contribution in [1.82, 2.24) is 0 Å². The summed E-state index contributed by atoms with van der Waals surface area (Å²) in [7, 11) is 0. The maximum Gasteiger partial charge on any atom is 0.305 e. The lowest BCUT2D eigenvalue weighted by molar-refractivity contribution is -0.145. The quantitative estimate of drug-likeness (QED) is 0.299. The fourth-order valence-corrected chi connectivity index (χ4v) is 2.61. The number of ether oxygens (including phenoxy) is 2. The molecule has 0 bridgehead atoms. The lowest BCUT2D eigenvalue weighted by Gasteiger charge is -2.15. The number of unbranched alkanes of at least 4 members (excludes halogenated alkanes) is 3. The Kier molecular flexibility index (Phi) is 11.2. The smallest absolute Gasteiger partial charge is 0.305 e. The summed E-state index contributed by atoms with van der Waals surface area (Å²) in [6.45, 7) is 3.83. The Balaban J connectivity index is 1.84. The lowest BCUT2D eigenvalue weighted by atomic mass is 9.91. The van der Waals surface area contributed by atoms with Crippen LogP contribution >= 0.6 is 0 Å². The van der Waals surface area contributed by atoms with Gasteiger partial charge in [0.05, 0.1) is 6.61 Å². The van der Waals surface area contributed by atoms with E-state index in [4.69, 9.17) is 9.47 Å². The number of allylic oxidation sites excluding steroid dienone is 2. The molecule has 0 aromatic heterocycles. The Morgan fingerprint density at radius 3 is 2.81 bits per heavy atom. The van der Waals surface area contributed by atoms with Gasteiger partial charge in [0.25, 0.3) is 0 Å². The van der Waals surface area contributed by atoms with Gasteiger partial charge >= 0.3 is 5.97 Å². The highest BCUT2D eigenvalue weighted by atomic mass is 16.6. The summed E-state index contributed by atoms with van der Waals surface area (Å²) in [5.41, 5.74) is 0. The molecule has 3 nitrogen and oxygen atoms in total. The molecule has 0 heterocycles. The van der Waals surface area contributed by atoms with E-state index >= 15 is 0 Å². The average molecular weight is 296 g/mol. The fourth-order valence-electron chi connectivity index (χ4n) is 2.61. The van der Waals surface area contributed by atoms with Crippen LogP contribution in [-0.2, 0) is 14.3 Å². The van der Waals surface area contributed by atoms with Crippen LogP contribution < -0.4 is 0 Å². The molecular formula is C18H32O3. The second-order valence-corrected chi connectivity index (χ2v) is 5.90. The highest BCUT2D eigenvalue weighted by Crippen LogP contribution is 2.22. The van der Waals surface area contributed by atoms with Gasteiger partial charge in [-0.25, -0.2) is 0 Å². The standard InChI is InChI=1S/C18H32O3/c1-2-3-14-20-15-16-21-18(19)13-9-5-8-12-17-10-6-4-7-11-17/h6,10,17H,2-5,7-9,11-16H2,1H3/t17-/m1/s1. The number of esters is 1. The molecule has 0 N–H and O–H groups in total. The first-order chi connectivity index (χ1) is 10.3. The molecule has 0 fully saturated rings. The van der Waals surface area contributed by atoms with E-state index in [1.54, 1.807) is 0 Å². The van der Waals surface area contributed by atoms with Crippen LogP contribution in [0, 0.1) is 5.92 Å². The molecule has 0 aromatic rings. The van der Waals surface area contributed by atoms with Gasteiger partial charge in [-0.15, -0.1) is 0 Å². The Bertz CT molecular complexity index is 286. The zero-order valence-electron chi connectivity index (χ0n) is 13.6. The van der Waals surface area contributed by atoms with E-state index in [1.807, 2.05) is 0 Å². The molecule has 1 aliphatic carbocycles. The number of hydrogen-bond acceptors (Lipinski definition) is 3. The summed E-state index contributed by atoms with van der Waals surface area (Å²) in [5.74, 6) is 0.706. The molecule has 0 unspecified atom stereocenters. The zero-order chi connectivity index (χ0) is 15.2. The molecule has 0 aromatic carbocycles. The molecule has 0 saturated carbocycles. The van der Waals surface area contributed by atoms with Gasteiger partial charge in [0.15, 0.2) is 0 Å². The van der Waals surface area contributed by atoms with Gasteiger partial charge < -0.3 is 9.47 Å². The number of carbonyl (C=O) groups excluding carboxylic acids is 1. The van der Waals surface area contributed by atoms with E-state index in [0.29, 0.717) is 19.6 Å². The number of rotatable bonds is 12. The molecule has 0 aliphatic heterocycles. The molecule has 0 spiro atoms. The molecule has 0 amide bonds. The Labute approximate surface area is 130 Å². The Morgan fingerprint density at radius 2 is 2.05 bits per heavy atom. The van der Waals surface area contributed by atoms with Crippen molar-refractivity contribution in [1.29, 1.82) is 0 Å². The molecule has 1 rings (SSSR count). The van der Waals surface area contributed by atoms with E-state index < -0.39 is 0 Å². The van der Waals surface area contributed by atoms with Crippen molar-refractivity contribution in [3.05, 3.63) is 12.2 Å². The van der Waals surface area contributed by atoms with E-state index in [2.05, 4.69) is 19.1 Å². The normalized spacial score (nSPS) is 17.9. The summed E-state index contributed by atoms with van der Waals surface area (Å²) in [5, 5.41) is 0. The second kappa shape index (κ2) is 12.9. The van der Waals surface area contributed by atoms with Crippen LogP contribution in [0.1, 0.15) is 71.1 Å². The van der Waals surface area contributed by atoms with E-state index in [1.165, 1.54) is 32.1 Å². The third-order valence-corrected chi connectivity index (χ3v) is 3.94. The molecular weight excluding hydrogens is 264 g/mol. The van der Waals surface area contributed by atoms with Gasteiger partial charge in [-0.05, 0) is 44.4 Å². The van der Waals surface area contributed by atoms with E-state index in [-0.39, 0.29) is 5.97 Å². The van der Waals surface area contributed by atoms with Crippen molar-refractivity contribution in [2.45, 2.75) is 71.1 Å². The van der Waals surface area contributed by atoms with Crippen molar-refractivity contribution < 1.29 is 14.3 Å². The largest absolute Gasteiger partial charge is 0.463 e. The summed E-state index contributed by atoms with van der Waals surface area (Å²) in [6.07, 6.45) is 16.0. The topological polar surface area (TPSA) is 35.5 Å². The minimum Gasteiger partial charge on any atom is -0.463 e. The molecule has 3 heteroatoms. The van der Waals surface area contributed by atoms with Gasteiger partial charge in [-0.3, -0.25) is 4.79 Å². The van der Waals surface area contributed by atoms with Crippen LogP contribution in [0.3, 0.4) is 0 Å². The predicted molar refractivity (Wildman–Crippen MR) is 86.3 cm³/mol. The number of hydrogen-bond donors (Lipinski definition) is 0. The van der Waals surface area contributed by atoms with Crippen molar-refractivity contribution in [2.24, 2.45) is 5.92 Å². The maximum absolute atomic E-state index is 11.5. The summed E-state index contributed by atoms with van der Waals surface area (Å²) < 4.78 is 10.5. The van der Waals surface area contributed by atoms with Gasteiger partial charge in [0.2, 0.25) is 0 Å². The first-order valence-electron chi connectivity index (χ1n) is 8.73. The predicted octanol–water partition coefficient (Wildman–Crippen LogP) is 4.65.